The zero-order valence-electron chi connectivity index (χ0n) is 15.6. The SMILES string of the molecule is CN(CCc1ccccc1)Cc1ccc(S(=O)(=O)CC(=O)c2ccno2)cc1. The highest BCUT2D eigenvalue weighted by Gasteiger charge is 2.22. The first-order valence-corrected chi connectivity index (χ1v) is 10.6. The van der Waals surface area contributed by atoms with Crippen LogP contribution in [0.15, 0.2) is 76.3 Å². The van der Waals surface area contributed by atoms with Crippen LogP contribution in [0.4, 0.5) is 0 Å². The van der Waals surface area contributed by atoms with Crippen LogP contribution in [0.25, 0.3) is 0 Å². The predicted octanol–water partition coefficient (Wildman–Crippen LogP) is 3.01. The fourth-order valence-corrected chi connectivity index (χ4v) is 4.05. The molecule has 146 valence electrons. The van der Waals surface area contributed by atoms with Crippen LogP contribution in [0, 0.1) is 0 Å². The summed E-state index contributed by atoms with van der Waals surface area (Å²) in [7, 11) is -1.70. The van der Waals surface area contributed by atoms with E-state index in [0.29, 0.717) is 6.54 Å². The Labute approximate surface area is 164 Å². The average molecular weight is 398 g/mol. The van der Waals surface area contributed by atoms with Crippen LogP contribution in [0.2, 0.25) is 0 Å². The third-order valence-electron chi connectivity index (χ3n) is 4.39. The number of hydrogen-bond donors (Lipinski definition) is 0. The van der Waals surface area contributed by atoms with Gasteiger partial charge in [0.1, 0.15) is 5.75 Å². The van der Waals surface area contributed by atoms with Crippen molar-refractivity contribution < 1.29 is 17.7 Å². The molecule has 1 heterocycles. The molecule has 28 heavy (non-hydrogen) atoms. The van der Waals surface area contributed by atoms with Crippen molar-refractivity contribution in [1.82, 2.24) is 10.1 Å². The number of nitrogens with zero attached hydrogens (tertiary/aromatic N) is 2. The minimum absolute atomic E-state index is 0.0553. The van der Waals surface area contributed by atoms with E-state index in [-0.39, 0.29) is 10.7 Å². The normalized spacial score (nSPS) is 11.6. The molecule has 7 heteroatoms. The van der Waals surface area contributed by atoms with Crippen LogP contribution >= 0.6 is 0 Å². The Bertz CT molecular complexity index is 998. The number of rotatable bonds is 9. The quantitative estimate of drug-likeness (QED) is 0.516. The third kappa shape index (κ3) is 5.37. The molecule has 3 aromatic rings. The topological polar surface area (TPSA) is 80.5 Å². The molecule has 0 bridgehead atoms. The maximum absolute atomic E-state index is 12.4. The summed E-state index contributed by atoms with van der Waals surface area (Å²) in [4.78, 5) is 14.3. The molecule has 0 saturated carbocycles. The van der Waals surface area contributed by atoms with Gasteiger partial charge in [-0.25, -0.2) is 8.42 Å². The van der Waals surface area contributed by atoms with E-state index < -0.39 is 21.4 Å². The van der Waals surface area contributed by atoms with Crippen molar-refractivity contribution in [3.63, 3.8) is 0 Å². The van der Waals surface area contributed by atoms with Gasteiger partial charge in [0, 0.05) is 19.2 Å². The monoisotopic (exact) mass is 398 g/mol. The number of Topliss-reactive ketones (excluding diaryl/α,β-unsaturated/α-hetero) is 1. The molecule has 0 fully saturated rings. The standard InChI is InChI=1S/C21H22N2O4S/c1-23(14-12-17-5-3-2-4-6-17)15-18-7-9-19(10-8-18)28(25,26)16-20(24)21-11-13-22-27-21/h2-11,13H,12,14-16H2,1H3. The van der Waals surface area contributed by atoms with Crippen molar-refractivity contribution in [3.05, 3.63) is 83.7 Å². The second-order valence-corrected chi connectivity index (χ2v) is 8.67. The van der Waals surface area contributed by atoms with Gasteiger partial charge in [-0.1, -0.05) is 47.6 Å². The fraction of sp³-hybridized carbons (Fsp3) is 0.238. The van der Waals surface area contributed by atoms with Crippen molar-refractivity contribution in [3.8, 4) is 0 Å². The summed E-state index contributed by atoms with van der Waals surface area (Å²) in [6.45, 7) is 1.61. The van der Waals surface area contributed by atoms with E-state index in [1.54, 1.807) is 24.3 Å². The lowest BCUT2D eigenvalue weighted by molar-refractivity contribution is 0.0981. The number of aromatic nitrogens is 1. The zero-order valence-corrected chi connectivity index (χ0v) is 16.4. The molecular formula is C21H22N2O4S. The van der Waals surface area contributed by atoms with Gasteiger partial charge in [0.05, 0.1) is 11.1 Å². The van der Waals surface area contributed by atoms with E-state index in [0.717, 1.165) is 18.5 Å². The lowest BCUT2D eigenvalue weighted by Gasteiger charge is -2.17. The zero-order chi connectivity index (χ0) is 20.0. The van der Waals surface area contributed by atoms with Gasteiger partial charge < -0.3 is 9.42 Å². The van der Waals surface area contributed by atoms with E-state index >= 15 is 0 Å². The van der Waals surface area contributed by atoms with Gasteiger partial charge in [-0.05, 0) is 36.7 Å². The number of carbonyl (C=O) groups excluding carboxylic acids is 1. The molecule has 6 nitrogen and oxygen atoms in total. The number of likely N-dealkylation sites (N-methyl/N-ethyl adjacent to an activating group) is 1. The Morgan fingerprint density at radius 2 is 1.71 bits per heavy atom. The van der Waals surface area contributed by atoms with E-state index in [9.17, 15) is 13.2 Å². The Hall–Kier alpha value is -2.77. The highest BCUT2D eigenvalue weighted by Crippen LogP contribution is 2.15. The maximum Gasteiger partial charge on any atom is 0.216 e. The van der Waals surface area contributed by atoms with Crippen molar-refractivity contribution >= 4 is 15.6 Å². The molecule has 0 aliphatic rings. The molecule has 1 aromatic heterocycles. The number of hydrogen-bond acceptors (Lipinski definition) is 6. The third-order valence-corrected chi connectivity index (χ3v) is 6.03. The van der Waals surface area contributed by atoms with Crippen molar-refractivity contribution in [2.45, 2.75) is 17.9 Å². The lowest BCUT2D eigenvalue weighted by atomic mass is 10.1. The predicted molar refractivity (Wildman–Crippen MR) is 106 cm³/mol. The van der Waals surface area contributed by atoms with Crippen molar-refractivity contribution in [2.24, 2.45) is 0 Å². The fourth-order valence-electron chi connectivity index (χ4n) is 2.84. The summed E-state index contributed by atoms with van der Waals surface area (Å²) >= 11 is 0. The molecule has 0 spiro atoms. The maximum atomic E-state index is 12.4. The van der Waals surface area contributed by atoms with Crippen molar-refractivity contribution in [2.75, 3.05) is 19.3 Å². The van der Waals surface area contributed by atoms with Crippen LogP contribution < -0.4 is 0 Å². The minimum atomic E-state index is -3.73. The largest absolute Gasteiger partial charge is 0.353 e. The van der Waals surface area contributed by atoms with E-state index in [1.165, 1.54) is 17.8 Å². The summed E-state index contributed by atoms with van der Waals surface area (Å²) in [5.41, 5.74) is 2.29. The molecule has 0 unspecified atom stereocenters. The molecule has 3 rings (SSSR count). The van der Waals surface area contributed by atoms with Crippen LogP contribution in [-0.4, -0.2) is 43.6 Å². The van der Waals surface area contributed by atoms with E-state index in [2.05, 4.69) is 22.2 Å². The molecule has 2 aromatic carbocycles. The summed E-state index contributed by atoms with van der Waals surface area (Å²) in [5, 5.41) is 3.42. The van der Waals surface area contributed by atoms with Crippen LogP contribution in [-0.2, 0) is 22.8 Å². The average Bonchev–Trinajstić information content (AvgIpc) is 3.22. The Morgan fingerprint density at radius 3 is 2.36 bits per heavy atom. The number of carbonyl (C=O) groups is 1. The molecule has 0 N–H and O–H groups in total. The van der Waals surface area contributed by atoms with E-state index in [4.69, 9.17) is 4.52 Å². The second-order valence-electron chi connectivity index (χ2n) is 6.68. The van der Waals surface area contributed by atoms with Gasteiger partial charge in [0.2, 0.25) is 11.5 Å². The highest BCUT2D eigenvalue weighted by molar-refractivity contribution is 7.92. The smallest absolute Gasteiger partial charge is 0.216 e. The second kappa shape index (κ2) is 8.95. The van der Waals surface area contributed by atoms with Crippen LogP contribution in [0.5, 0.6) is 0 Å². The number of benzene rings is 2. The van der Waals surface area contributed by atoms with Crippen LogP contribution in [0.3, 0.4) is 0 Å². The molecule has 0 saturated heterocycles. The van der Waals surface area contributed by atoms with Crippen molar-refractivity contribution in [1.29, 1.82) is 0 Å². The molecule has 0 aliphatic heterocycles. The molecular weight excluding hydrogens is 376 g/mol. The minimum Gasteiger partial charge on any atom is -0.353 e. The Balaban J connectivity index is 1.57. The Kier molecular flexibility index (Phi) is 6.38. The summed E-state index contributed by atoms with van der Waals surface area (Å²) in [5.74, 6) is -1.30. The molecule has 0 aliphatic carbocycles. The van der Waals surface area contributed by atoms with Gasteiger partial charge in [0.25, 0.3) is 0 Å². The van der Waals surface area contributed by atoms with Gasteiger partial charge in [-0.15, -0.1) is 0 Å². The lowest BCUT2D eigenvalue weighted by Crippen LogP contribution is -2.21. The summed E-state index contributed by atoms with van der Waals surface area (Å²) in [6, 6.07) is 18.3. The highest BCUT2D eigenvalue weighted by atomic mass is 32.2. The first-order valence-electron chi connectivity index (χ1n) is 8.92. The first kappa shape index (κ1) is 20.0. The van der Waals surface area contributed by atoms with Crippen LogP contribution in [0.1, 0.15) is 21.7 Å². The van der Waals surface area contributed by atoms with Gasteiger partial charge in [-0.2, -0.15) is 0 Å². The molecule has 0 amide bonds. The number of ketones is 1. The Morgan fingerprint density at radius 1 is 1.00 bits per heavy atom. The van der Waals surface area contributed by atoms with Gasteiger partial charge in [-0.3, -0.25) is 4.79 Å². The first-order chi connectivity index (χ1) is 13.4. The molecule has 0 radical (unpaired) electrons. The summed E-state index contributed by atoms with van der Waals surface area (Å²) < 4.78 is 29.6. The van der Waals surface area contributed by atoms with Gasteiger partial charge in [0.15, 0.2) is 9.84 Å². The summed E-state index contributed by atoms with van der Waals surface area (Å²) in [6.07, 6.45) is 2.26. The van der Waals surface area contributed by atoms with E-state index in [1.807, 2.05) is 25.2 Å². The molecule has 0 atom stereocenters. The van der Waals surface area contributed by atoms with Gasteiger partial charge >= 0.3 is 0 Å². The number of sulfone groups is 1.